The lowest BCUT2D eigenvalue weighted by Gasteiger charge is -2.09. The van der Waals surface area contributed by atoms with Crippen molar-refractivity contribution in [2.24, 2.45) is 0 Å². The molecule has 0 aliphatic heterocycles. The molecule has 0 saturated carbocycles. The molecule has 0 heterocycles. The van der Waals surface area contributed by atoms with Gasteiger partial charge in [0.15, 0.2) is 0 Å². The Balaban J connectivity index is 2.00. The van der Waals surface area contributed by atoms with Gasteiger partial charge in [-0.2, -0.15) is 0 Å². The van der Waals surface area contributed by atoms with E-state index in [1.54, 1.807) is 49.4 Å². The van der Waals surface area contributed by atoms with Crippen LogP contribution in [0.5, 0.6) is 5.75 Å². The number of rotatable bonds is 4. The Bertz CT molecular complexity index is 506. The molecule has 0 radical (unpaired) electrons. The van der Waals surface area contributed by atoms with Crippen molar-refractivity contribution in [3.63, 3.8) is 0 Å². The highest BCUT2D eigenvalue weighted by Gasteiger charge is 2.03. The van der Waals surface area contributed by atoms with E-state index in [1.807, 2.05) is 0 Å². The van der Waals surface area contributed by atoms with Gasteiger partial charge in [-0.25, -0.2) is 4.39 Å². The molecule has 0 aliphatic carbocycles. The summed E-state index contributed by atoms with van der Waals surface area (Å²) in [6, 6.07) is 13.7. The standard InChI is InChI=1S/C15H15FO2/c1-11(17)12-6-8-14(9-7-12)18-10-13-4-2-3-5-15(13)16/h2-9,11,17H,10H2,1H3/t11-/m0/s1. The number of aliphatic hydroxyl groups is 1. The minimum atomic E-state index is -0.495. The van der Waals surface area contributed by atoms with Crippen LogP contribution in [-0.4, -0.2) is 5.11 Å². The lowest BCUT2D eigenvalue weighted by atomic mass is 10.1. The Labute approximate surface area is 106 Å². The summed E-state index contributed by atoms with van der Waals surface area (Å²) in [7, 11) is 0. The molecule has 0 amide bonds. The van der Waals surface area contributed by atoms with Crippen molar-refractivity contribution in [1.29, 1.82) is 0 Å². The number of aliphatic hydroxyl groups excluding tert-OH is 1. The molecule has 18 heavy (non-hydrogen) atoms. The topological polar surface area (TPSA) is 29.5 Å². The van der Waals surface area contributed by atoms with Gasteiger partial charge in [0.25, 0.3) is 0 Å². The smallest absolute Gasteiger partial charge is 0.129 e. The molecule has 2 aromatic carbocycles. The van der Waals surface area contributed by atoms with Gasteiger partial charge in [0, 0.05) is 5.56 Å². The fourth-order valence-corrected chi connectivity index (χ4v) is 1.62. The lowest BCUT2D eigenvalue weighted by molar-refractivity contribution is 0.199. The molecule has 0 aliphatic rings. The first-order valence-corrected chi connectivity index (χ1v) is 5.81. The molecule has 94 valence electrons. The third kappa shape index (κ3) is 3.08. The molecule has 1 N–H and O–H groups in total. The highest BCUT2D eigenvalue weighted by atomic mass is 19.1. The van der Waals surface area contributed by atoms with E-state index in [0.29, 0.717) is 11.3 Å². The number of hydrogen-bond acceptors (Lipinski definition) is 2. The first-order chi connectivity index (χ1) is 8.66. The Kier molecular flexibility index (Phi) is 3.95. The maximum Gasteiger partial charge on any atom is 0.129 e. The summed E-state index contributed by atoms with van der Waals surface area (Å²) in [6.45, 7) is 1.90. The maximum atomic E-state index is 13.3. The first-order valence-electron chi connectivity index (χ1n) is 5.81. The van der Waals surface area contributed by atoms with Crippen LogP contribution >= 0.6 is 0 Å². The van der Waals surface area contributed by atoms with Crippen molar-refractivity contribution in [2.75, 3.05) is 0 Å². The molecule has 3 heteroatoms. The van der Waals surface area contributed by atoms with E-state index in [1.165, 1.54) is 6.07 Å². The van der Waals surface area contributed by atoms with Crippen molar-refractivity contribution in [3.8, 4) is 5.75 Å². The molecular weight excluding hydrogens is 231 g/mol. The van der Waals surface area contributed by atoms with Gasteiger partial charge in [-0.15, -0.1) is 0 Å². The van der Waals surface area contributed by atoms with Gasteiger partial charge in [0.05, 0.1) is 6.10 Å². The second-order valence-electron chi connectivity index (χ2n) is 4.13. The third-order valence-electron chi connectivity index (χ3n) is 2.71. The quantitative estimate of drug-likeness (QED) is 0.895. The van der Waals surface area contributed by atoms with E-state index in [9.17, 15) is 9.50 Å². The second kappa shape index (κ2) is 5.65. The van der Waals surface area contributed by atoms with Crippen LogP contribution < -0.4 is 4.74 Å². The average Bonchev–Trinajstić information content (AvgIpc) is 2.38. The average molecular weight is 246 g/mol. The Morgan fingerprint density at radius 2 is 1.78 bits per heavy atom. The third-order valence-corrected chi connectivity index (χ3v) is 2.71. The molecule has 2 aromatic rings. The number of halogens is 1. The summed E-state index contributed by atoms with van der Waals surface area (Å²) < 4.78 is 18.8. The fourth-order valence-electron chi connectivity index (χ4n) is 1.62. The van der Waals surface area contributed by atoms with Gasteiger partial charge >= 0.3 is 0 Å². The van der Waals surface area contributed by atoms with Crippen LogP contribution in [0.1, 0.15) is 24.2 Å². The fraction of sp³-hybridized carbons (Fsp3) is 0.200. The van der Waals surface area contributed by atoms with Crippen molar-refractivity contribution < 1.29 is 14.2 Å². The second-order valence-corrected chi connectivity index (χ2v) is 4.13. The summed E-state index contributed by atoms with van der Waals surface area (Å²) >= 11 is 0. The Morgan fingerprint density at radius 1 is 1.11 bits per heavy atom. The molecule has 0 unspecified atom stereocenters. The number of benzene rings is 2. The summed E-state index contributed by atoms with van der Waals surface area (Å²) in [5.41, 5.74) is 1.35. The van der Waals surface area contributed by atoms with Crippen LogP contribution in [0.25, 0.3) is 0 Å². The monoisotopic (exact) mass is 246 g/mol. The van der Waals surface area contributed by atoms with Gasteiger partial charge in [0.2, 0.25) is 0 Å². The van der Waals surface area contributed by atoms with Crippen LogP contribution in [-0.2, 0) is 6.61 Å². The maximum absolute atomic E-state index is 13.3. The zero-order chi connectivity index (χ0) is 13.0. The van der Waals surface area contributed by atoms with Gasteiger partial charge in [-0.05, 0) is 30.7 Å². The molecule has 2 rings (SSSR count). The summed E-state index contributed by atoms with van der Waals surface area (Å²) in [6.07, 6.45) is -0.495. The number of ether oxygens (including phenoxy) is 1. The van der Waals surface area contributed by atoms with Crippen LogP contribution in [0.2, 0.25) is 0 Å². The number of hydrogen-bond donors (Lipinski definition) is 1. The van der Waals surface area contributed by atoms with Crippen LogP contribution in [0.15, 0.2) is 48.5 Å². The van der Waals surface area contributed by atoms with Crippen LogP contribution in [0, 0.1) is 5.82 Å². The zero-order valence-corrected chi connectivity index (χ0v) is 10.1. The molecule has 1 atom stereocenters. The minimum absolute atomic E-state index is 0.195. The van der Waals surface area contributed by atoms with E-state index in [4.69, 9.17) is 4.74 Å². The van der Waals surface area contributed by atoms with E-state index < -0.39 is 6.10 Å². The van der Waals surface area contributed by atoms with Crippen LogP contribution in [0.4, 0.5) is 4.39 Å². The van der Waals surface area contributed by atoms with Gasteiger partial charge in [0.1, 0.15) is 18.2 Å². The van der Waals surface area contributed by atoms with E-state index in [-0.39, 0.29) is 12.4 Å². The van der Waals surface area contributed by atoms with Crippen molar-refractivity contribution in [1.82, 2.24) is 0 Å². The SMILES string of the molecule is C[C@H](O)c1ccc(OCc2ccccc2F)cc1. The molecule has 0 saturated heterocycles. The van der Waals surface area contributed by atoms with Gasteiger partial charge in [-0.1, -0.05) is 30.3 Å². The predicted molar refractivity (Wildman–Crippen MR) is 67.8 cm³/mol. The molecule has 2 nitrogen and oxygen atoms in total. The molecule has 0 aromatic heterocycles. The highest BCUT2D eigenvalue weighted by Crippen LogP contribution is 2.18. The molecule has 0 spiro atoms. The summed E-state index contributed by atoms with van der Waals surface area (Å²) in [5.74, 6) is 0.390. The largest absolute Gasteiger partial charge is 0.489 e. The first kappa shape index (κ1) is 12.6. The minimum Gasteiger partial charge on any atom is -0.489 e. The Morgan fingerprint density at radius 3 is 2.39 bits per heavy atom. The van der Waals surface area contributed by atoms with Gasteiger partial charge < -0.3 is 9.84 Å². The van der Waals surface area contributed by atoms with Gasteiger partial charge in [-0.3, -0.25) is 0 Å². The van der Waals surface area contributed by atoms with Crippen molar-refractivity contribution >= 4 is 0 Å². The normalized spacial score (nSPS) is 12.2. The highest BCUT2D eigenvalue weighted by molar-refractivity contribution is 5.28. The summed E-state index contributed by atoms with van der Waals surface area (Å²) in [5, 5.41) is 9.37. The molecular formula is C15H15FO2. The van der Waals surface area contributed by atoms with Crippen molar-refractivity contribution in [3.05, 3.63) is 65.5 Å². The van der Waals surface area contributed by atoms with Crippen LogP contribution in [0.3, 0.4) is 0 Å². The molecule has 0 bridgehead atoms. The Hall–Kier alpha value is -1.87. The zero-order valence-electron chi connectivity index (χ0n) is 10.1. The summed E-state index contributed by atoms with van der Waals surface area (Å²) in [4.78, 5) is 0. The van der Waals surface area contributed by atoms with E-state index in [0.717, 1.165) is 5.56 Å². The lowest BCUT2D eigenvalue weighted by Crippen LogP contribution is -1.98. The van der Waals surface area contributed by atoms with E-state index >= 15 is 0 Å². The van der Waals surface area contributed by atoms with Crippen molar-refractivity contribution in [2.45, 2.75) is 19.6 Å². The van der Waals surface area contributed by atoms with E-state index in [2.05, 4.69) is 0 Å². The molecule has 0 fully saturated rings. The predicted octanol–water partition coefficient (Wildman–Crippen LogP) is 3.46.